The SMILES string of the molecule is CC(C)NCc1cc(N2CCCOC(C)C2)ccn1. The number of hydrogen-bond donors (Lipinski definition) is 1. The van der Waals surface area contributed by atoms with Crippen molar-refractivity contribution in [2.24, 2.45) is 0 Å². The number of rotatable bonds is 4. The van der Waals surface area contributed by atoms with Crippen molar-refractivity contribution >= 4 is 5.69 Å². The van der Waals surface area contributed by atoms with Gasteiger partial charge in [0.2, 0.25) is 0 Å². The van der Waals surface area contributed by atoms with Crippen LogP contribution in [0.25, 0.3) is 0 Å². The Morgan fingerprint density at radius 2 is 2.37 bits per heavy atom. The summed E-state index contributed by atoms with van der Waals surface area (Å²) in [5, 5.41) is 3.41. The molecule has 19 heavy (non-hydrogen) atoms. The molecule has 1 aliphatic heterocycles. The number of hydrogen-bond acceptors (Lipinski definition) is 4. The fraction of sp³-hybridized carbons (Fsp3) is 0.667. The molecule has 1 N–H and O–H groups in total. The average molecular weight is 263 g/mol. The zero-order valence-electron chi connectivity index (χ0n) is 12.2. The molecule has 0 spiro atoms. The molecule has 1 fully saturated rings. The van der Waals surface area contributed by atoms with Gasteiger partial charge in [-0.1, -0.05) is 13.8 Å². The van der Waals surface area contributed by atoms with Crippen LogP contribution in [0.5, 0.6) is 0 Å². The van der Waals surface area contributed by atoms with Crippen molar-refractivity contribution in [2.45, 2.75) is 45.9 Å². The number of nitrogens with zero attached hydrogens (tertiary/aromatic N) is 2. The Kier molecular flexibility index (Phi) is 5.16. The third-order valence-electron chi connectivity index (χ3n) is 3.31. The molecule has 0 aromatic carbocycles. The third kappa shape index (κ3) is 4.48. The van der Waals surface area contributed by atoms with Crippen molar-refractivity contribution in [1.29, 1.82) is 0 Å². The van der Waals surface area contributed by atoms with E-state index in [9.17, 15) is 0 Å². The summed E-state index contributed by atoms with van der Waals surface area (Å²) in [5.41, 5.74) is 2.36. The predicted molar refractivity (Wildman–Crippen MR) is 78.5 cm³/mol. The summed E-state index contributed by atoms with van der Waals surface area (Å²) >= 11 is 0. The second-order valence-electron chi connectivity index (χ2n) is 5.52. The highest BCUT2D eigenvalue weighted by molar-refractivity contribution is 5.46. The Morgan fingerprint density at radius 3 is 3.16 bits per heavy atom. The standard InChI is InChI=1S/C15H25N3O/c1-12(2)17-10-14-9-15(5-6-16-14)18-7-4-8-19-13(3)11-18/h5-6,9,12-13,17H,4,7-8,10-11H2,1-3H3. The first-order chi connectivity index (χ1) is 9.15. The Balaban J connectivity index is 2.04. The van der Waals surface area contributed by atoms with E-state index < -0.39 is 0 Å². The van der Waals surface area contributed by atoms with Gasteiger partial charge in [0.15, 0.2) is 0 Å². The quantitative estimate of drug-likeness (QED) is 0.903. The molecule has 0 radical (unpaired) electrons. The average Bonchev–Trinajstić information content (AvgIpc) is 2.61. The minimum atomic E-state index is 0.299. The number of ether oxygens (including phenoxy) is 1. The van der Waals surface area contributed by atoms with E-state index in [1.807, 2.05) is 6.20 Å². The van der Waals surface area contributed by atoms with Crippen LogP contribution in [-0.2, 0) is 11.3 Å². The van der Waals surface area contributed by atoms with Crippen molar-refractivity contribution in [1.82, 2.24) is 10.3 Å². The van der Waals surface area contributed by atoms with Gasteiger partial charge in [0.1, 0.15) is 0 Å². The van der Waals surface area contributed by atoms with Crippen LogP contribution in [0.15, 0.2) is 18.3 Å². The molecule has 2 rings (SSSR count). The summed E-state index contributed by atoms with van der Waals surface area (Å²) in [6.07, 6.45) is 3.29. The lowest BCUT2D eigenvalue weighted by molar-refractivity contribution is 0.0821. The molecule has 1 unspecified atom stereocenters. The van der Waals surface area contributed by atoms with Crippen molar-refractivity contribution < 1.29 is 4.74 Å². The maximum Gasteiger partial charge on any atom is 0.0721 e. The molecule has 1 saturated heterocycles. The van der Waals surface area contributed by atoms with E-state index in [0.29, 0.717) is 12.1 Å². The molecule has 4 heteroatoms. The van der Waals surface area contributed by atoms with Gasteiger partial charge in [0, 0.05) is 44.2 Å². The zero-order chi connectivity index (χ0) is 13.7. The summed E-state index contributed by atoms with van der Waals surface area (Å²) in [4.78, 5) is 6.83. The van der Waals surface area contributed by atoms with E-state index >= 15 is 0 Å². The summed E-state index contributed by atoms with van der Waals surface area (Å²) in [7, 11) is 0. The maximum absolute atomic E-state index is 5.69. The van der Waals surface area contributed by atoms with Gasteiger partial charge in [0.05, 0.1) is 11.8 Å². The number of anilines is 1. The van der Waals surface area contributed by atoms with Crippen molar-refractivity contribution in [3.63, 3.8) is 0 Å². The highest BCUT2D eigenvalue weighted by Crippen LogP contribution is 2.18. The lowest BCUT2D eigenvalue weighted by atomic mass is 10.2. The molecule has 1 aromatic heterocycles. The van der Waals surface area contributed by atoms with Crippen molar-refractivity contribution in [3.8, 4) is 0 Å². The van der Waals surface area contributed by atoms with E-state index in [-0.39, 0.29) is 0 Å². The van der Waals surface area contributed by atoms with E-state index in [1.165, 1.54) is 5.69 Å². The first-order valence-corrected chi connectivity index (χ1v) is 7.20. The maximum atomic E-state index is 5.69. The van der Waals surface area contributed by atoms with Crippen LogP contribution in [-0.4, -0.2) is 36.8 Å². The van der Waals surface area contributed by atoms with E-state index in [0.717, 1.165) is 38.4 Å². The lowest BCUT2D eigenvalue weighted by Gasteiger charge is -2.24. The van der Waals surface area contributed by atoms with Crippen LogP contribution in [0, 0.1) is 0 Å². The van der Waals surface area contributed by atoms with E-state index in [2.05, 4.69) is 48.1 Å². The van der Waals surface area contributed by atoms with Crippen LogP contribution in [0.4, 0.5) is 5.69 Å². The van der Waals surface area contributed by atoms with Gasteiger partial charge in [-0.05, 0) is 25.5 Å². The summed E-state index contributed by atoms with van der Waals surface area (Å²) in [5.74, 6) is 0. The van der Waals surface area contributed by atoms with Crippen LogP contribution >= 0.6 is 0 Å². The topological polar surface area (TPSA) is 37.4 Å². The molecule has 1 atom stereocenters. The van der Waals surface area contributed by atoms with E-state index in [4.69, 9.17) is 4.74 Å². The minimum Gasteiger partial charge on any atom is -0.377 e. The van der Waals surface area contributed by atoms with Crippen molar-refractivity contribution in [2.75, 3.05) is 24.6 Å². The lowest BCUT2D eigenvalue weighted by Crippen LogP contribution is -2.30. The molecule has 0 saturated carbocycles. The molecule has 1 aliphatic rings. The number of aromatic nitrogens is 1. The second-order valence-corrected chi connectivity index (χ2v) is 5.52. The molecule has 0 amide bonds. The van der Waals surface area contributed by atoms with Gasteiger partial charge in [-0.2, -0.15) is 0 Å². The first-order valence-electron chi connectivity index (χ1n) is 7.20. The normalized spacial score (nSPS) is 20.6. The molecule has 1 aromatic rings. The molecule has 4 nitrogen and oxygen atoms in total. The molecule has 106 valence electrons. The number of pyridine rings is 1. The smallest absolute Gasteiger partial charge is 0.0721 e. The largest absolute Gasteiger partial charge is 0.377 e. The fourth-order valence-corrected chi connectivity index (χ4v) is 2.30. The van der Waals surface area contributed by atoms with Gasteiger partial charge in [-0.15, -0.1) is 0 Å². The summed E-state index contributed by atoms with van der Waals surface area (Å²) in [6.45, 7) is 10.2. The molecule has 0 bridgehead atoms. The molecule has 2 heterocycles. The Morgan fingerprint density at radius 1 is 1.53 bits per heavy atom. The monoisotopic (exact) mass is 263 g/mol. The van der Waals surface area contributed by atoms with Crippen LogP contribution in [0.2, 0.25) is 0 Å². The van der Waals surface area contributed by atoms with Gasteiger partial charge < -0.3 is 15.0 Å². The first kappa shape index (κ1) is 14.3. The zero-order valence-corrected chi connectivity index (χ0v) is 12.2. The van der Waals surface area contributed by atoms with Gasteiger partial charge in [-0.25, -0.2) is 0 Å². The van der Waals surface area contributed by atoms with E-state index in [1.54, 1.807) is 0 Å². The minimum absolute atomic E-state index is 0.299. The van der Waals surface area contributed by atoms with Crippen LogP contribution in [0.1, 0.15) is 32.9 Å². The third-order valence-corrected chi connectivity index (χ3v) is 3.31. The highest BCUT2D eigenvalue weighted by atomic mass is 16.5. The Hall–Kier alpha value is -1.13. The molecular formula is C15H25N3O. The predicted octanol–water partition coefficient (Wildman–Crippen LogP) is 2.19. The highest BCUT2D eigenvalue weighted by Gasteiger charge is 2.15. The second kappa shape index (κ2) is 6.87. The summed E-state index contributed by atoms with van der Waals surface area (Å²) in [6, 6.07) is 4.77. The summed E-state index contributed by atoms with van der Waals surface area (Å²) < 4.78 is 5.69. The van der Waals surface area contributed by atoms with Gasteiger partial charge >= 0.3 is 0 Å². The number of nitrogens with one attached hydrogen (secondary N) is 1. The van der Waals surface area contributed by atoms with Crippen LogP contribution in [0.3, 0.4) is 0 Å². The Bertz CT molecular complexity index is 395. The molecular weight excluding hydrogens is 238 g/mol. The Labute approximate surface area is 116 Å². The van der Waals surface area contributed by atoms with Gasteiger partial charge in [0.25, 0.3) is 0 Å². The fourth-order valence-electron chi connectivity index (χ4n) is 2.30. The van der Waals surface area contributed by atoms with Gasteiger partial charge in [-0.3, -0.25) is 4.98 Å². The van der Waals surface area contributed by atoms with Crippen molar-refractivity contribution in [3.05, 3.63) is 24.0 Å². The molecule has 0 aliphatic carbocycles. The van der Waals surface area contributed by atoms with Crippen LogP contribution < -0.4 is 10.2 Å².